The lowest BCUT2D eigenvalue weighted by molar-refractivity contribution is -0.143. The number of ether oxygens (including phenoxy) is 1. The number of esters is 1. The van der Waals surface area contributed by atoms with Gasteiger partial charge in [0, 0.05) is 24.0 Å². The highest BCUT2D eigenvalue weighted by Gasteiger charge is 2.20. The van der Waals surface area contributed by atoms with Gasteiger partial charge in [0.2, 0.25) is 0 Å². The second kappa shape index (κ2) is 10.1. The number of aryl methyl sites for hydroxylation is 2. The molecule has 0 aromatic heterocycles. The molecule has 2 atom stereocenters. The summed E-state index contributed by atoms with van der Waals surface area (Å²) in [7, 11) is 0. The second-order valence-corrected chi connectivity index (χ2v) is 7.76. The number of carbonyl (C=O) groups excluding carboxylic acids is 1. The van der Waals surface area contributed by atoms with Crippen molar-refractivity contribution in [3.63, 3.8) is 0 Å². The van der Waals surface area contributed by atoms with Crippen molar-refractivity contribution in [2.24, 2.45) is 0 Å². The fourth-order valence-electron chi connectivity index (χ4n) is 3.73. The molecule has 0 bridgehead atoms. The largest absolute Gasteiger partial charge is 0.466 e. The van der Waals surface area contributed by atoms with E-state index in [1.54, 1.807) is 6.07 Å². The highest BCUT2D eigenvalue weighted by Crippen LogP contribution is 2.24. The zero-order chi connectivity index (χ0) is 19.9. The third kappa shape index (κ3) is 5.81. The highest BCUT2D eigenvalue weighted by molar-refractivity contribution is 6.30. The molecule has 2 aromatic rings. The fourth-order valence-corrected chi connectivity index (χ4v) is 3.93. The first-order chi connectivity index (χ1) is 13.5. The molecule has 1 aliphatic carbocycles. The van der Waals surface area contributed by atoms with Gasteiger partial charge in [0.05, 0.1) is 12.7 Å². The molecule has 28 heavy (non-hydrogen) atoms. The summed E-state index contributed by atoms with van der Waals surface area (Å²) in [4.78, 5) is 11.6. The smallest absolute Gasteiger partial charge is 0.306 e. The standard InChI is InChI=1S/C23H28ClNO3/c1-2-28-23(27)11-7-16-6-8-17-9-10-21(14-19(17)12-16)25-15-22(26)18-4-3-5-20(24)13-18/h3-6,8,12-13,21-22,25-26H,2,7,9-11,14-15H2,1H3/t21-,22+/m1/s1. The van der Waals surface area contributed by atoms with E-state index in [-0.39, 0.29) is 5.97 Å². The van der Waals surface area contributed by atoms with Crippen LogP contribution in [0.5, 0.6) is 0 Å². The Balaban J connectivity index is 1.54. The van der Waals surface area contributed by atoms with Crippen LogP contribution in [-0.2, 0) is 28.8 Å². The van der Waals surface area contributed by atoms with Gasteiger partial charge >= 0.3 is 5.97 Å². The van der Waals surface area contributed by atoms with E-state index in [4.69, 9.17) is 16.3 Å². The van der Waals surface area contributed by atoms with Crippen LogP contribution in [0.25, 0.3) is 0 Å². The minimum Gasteiger partial charge on any atom is -0.466 e. The molecular weight excluding hydrogens is 374 g/mol. The van der Waals surface area contributed by atoms with Gasteiger partial charge in [-0.05, 0) is 67.0 Å². The van der Waals surface area contributed by atoms with Crippen molar-refractivity contribution in [2.75, 3.05) is 13.2 Å². The van der Waals surface area contributed by atoms with Gasteiger partial charge in [-0.2, -0.15) is 0 Å². The van der Waals surface area contributed by atoms with Gasteiger partial charge in [-0.1, -0.05) is 41.9 Å². The van der Waals surface area contributed by atoms with Crippen molar-refractivity contribution >= 4 is 17.6 Å². The maximum Gasteiger partial charge on any atom is 0.306 e. The summed E-state index contributed by atoms with van der Waals surface area (Å²) < 4.78 is 5.01. The van der Waals surface area contributed by atoms with Crippen molar-refractivity contribution in [3.05, 3.63) is 69.7 Å². The van der Waals surface area contributed by atoms with Crippen LogP contribution in [0, 0.1) is 0 Å². The van der Waals surface area contributed by atoms with Gasteiger partial charge in [-0.25, -0.2) is 0 Å². The summed E-state index contributed by atoms with van der Waals surface area (Å²) in [5, 5.41) is 14.6. The van der Waals surface area contributed by atoms with Crippen LogP contribution < -0.4 is 5.32 Å². The van der Waals surface area contributed by atoms with Gasteiger partial charge in [0.1, 0.15) is 0 Å². The molecular formula is C23H28ClNO3. The van der Waals surface area contributed by atoms with Crippen LogP contribution in [0.15, 0.2) is 42.5 Å². The van der Waals surface area contributed by atoms with Gasteiger partial charge in [0.25, 0.3) is 0 Å². The molecule has 4 nitrogen and oxygen atoms in total. The molecule has 0 unspecified atom stereocenters. The minimum absolute atomic E-state index is 0.144. The predicted molar refractivity (Wildman–Crippen MR) is 112 cm³/mol. The topological polar surface area (TPSA) is 58.6 Å². The van der Waals surface area contributed by atoms with Crippen LogP contribution in [0.4, 0.5) is 0 Å². The van der Waals surface area contributed by atoms with Crippen LogP contribution in [0.3, 0.4) is 0 Å². The third-order valence-electron chi connectivity index (χ3n) is 5.26. The van der Waals surface area contributed by atoms with Crippen LogP contribution in [0.2, 0.25) is 5.02 Å². The molecule has 2 N–H and O–H groups in total. The molecule has 0 radical (unpaired) electrons. The molecule has 150 valence electrons. The molecule has 5 heteroatoms. The summed E-state index contributed by atoms with van der Waals surface area (Å²) in [5.41, 5.74) is 4.72. The van der Waals surface area contributed by atoms with Crippen molar-refractivity contribution in [1.82, 2.24) is 5.32 Å². The number of benzene rings is 2. The lowest BCUT2D eigenvalue weighted by Crippen LogP contribution is -2.37. The number of halogens is 1. The van der Waals surface area contributed by atoms with Crippen LogP contribution >= 0.6 is 11.6 Å². The monoisotopic (exact) mass is 401 g/mol. The molecule has 2 aromatic carbocycles. The van der Waals surface area contributed by atoms with Crippen molar-refractivity contribution in [3.8, 4) is 0 Å². The molecule has 0 aliphatic heterocycles. The van der Waals surface area contributed by atoms with Crippen molar-refractivity contribution in [2.45, 2.75) is 51.2 Å². The first-order valence-electron chi connectivity index (χ1n) is 9.98. The maximum atomic E-state index is 11.6. The second-order valence-electron chi connectivity index (χ2n) is 7.33. The number of carbonyl (C=O) groups is 1. The number of hydrogen-bond donors (Lipinski definition) is 2. The minimum atomic E-state index is -0.573. The van der Waals surface area contributed by atoms with Gasteiger partial charge in [-0.15, -0.1) is 0 Å². The average molecular weight is 402 g/mol. The number of fused-ring (bicyclic) bond motifs is 1. The van der Waals surface area contributed by atoms with E-state index >= 15 is 0 Å². The zero-order valence-corrected chi connectivity index (χ0v) is 17.0. The molecule has 0 amide bonds. The molecule has 3 rings (SSSR count). The van der Waals surface area contributed by atoms with Crippen LogP contribution in [-0.4, -0.2) is 30.3 Å². The number of aliphatic hydroxyl groups excluding tert-OH is 1. The van der Waals surface area contributed by atoms with Crippen molar-refractivity contribution in [1.29, 1.82) is 0 Å². The number of nitrogens with one attached hydrogen (secondary N) is 1. The molecule has 1 aliphatic rings. The van der Waals surface area contributed by atoms with Gasteiger partial charge in [-0.3, -0.25) is 4.79 Å². The van der Waals surface area contributed by atoms with Crippen LogP contribution in [0.1, 0.15) is 48.1 Å². The molecule has 0 heterocycles. The van der Waals surface area contributed by atoms with E-state index in [1.807, 2.05) is 25.1 Å². The molecule has 0 spiro atoms. The van der Waals surface area contributed by atoms with E-state index in [1.165, 1.54) is 16.7 Å². The molecule has 0 saturated heterocycles. The molecule has 0 saturated carbocycles. The Morgan fingerprint density at radius 3 is 2.93 bits per heavy atom. The Morgan fingerprint density at radius 1 is 1.29 bits per heavy atom. The Bertz CT molecular complexity index is 808. The number of rotatable bonds is 8. The van der Waals surface area contributed by atoms with E-state index in [9.17, 15) is 9.90 Å². The average Bonchev–Trinajstić information content (AvgIpc) is 2.70. The lowest BCUT2D eigenvalue weighted by Gasteiger charge is -2.27. The fraction of sp³-hybridized carbons (Fsp3) is 0.435. The highest BCUT2D eigenvalue weighted by atomic mass is 35.5. The Kier molecular flexibility index (Phi) is 7.49. The Labute approximate surface area is 171 Å². The Hall–Kier alpha value is -1.88. The van der Waals surface area contributed by atoms with E-state index < -0.39 is 6.10 Å². The summed E-state index contributed by atoms with van der Waals surface area (Å²) in [6.45, 7) is 2.76. The van der Waals surface area contributed by atoms with E-state index in [0.29, 0.717) is 37.1 Å². The van der Waals surface area contributed by atoms with E-state index in [0.717, 1.165) is 24.8 Å². The zero-order valence-electron chi connectivity index (χ0n) is 16.3. The molecule has 0 fully saturated rings. The first kappa shape index (κ1) is 20.8. The Morgan fingerprint density at radius 2 is 2.14 bits per heavy atom. The lowest BCUT2D eigenvalue weighted by atomic mass is 9.86. The van der Waals surface area contributed by atoms with Gasteiger partial charge in [0.15, 0.2) is 0 Å². The van der Waals surface area contributed by atoms with Crippen molar-refractivity contribution < 1.29 is 14.6 Å². The number of hydrogen-bond acceptors (Lipinski definition) is 4. The quantitative estimate of drug-likeness (QED) is 0.656. The summed E-state index contributed by atoms with van der Waals surface area (Å²) >= 11 is 6.01. The maximum absolute atomic E-state index is 11.6. The number of aliphatic hydroxyl groups is 1. The van der Waals surface area contributed by atoms with E-state index in [2.05, 4.69) is 23.5 Å². The third-order valence-corrected chi connectivity index (χ3v) is 5.49. The summed E-state index contributed by atoms with van der Waals surface area (Å²) in [5.74, 6) is -0.144. The first-order valence-corrected chi connectivity index (χ1v) is 10.4. The predicted octanol–water partition coefficient (Wildman–Crippen LogP) is 4.02. The summed E-state index contributed by atoms with van der Waals surface area (Å²) in [6, 6.07) is 14.2. The van der Waals surface area contributed by atoms with Gasteiger partial charge < -0.3 is 15.2 Å². The summed E-state index contributed by atoms with van der Waals surface area (Å²) in [6.07, 6.45) is 3.56. The normalized spacial score (nSPS) is 17.0. The SMILES string of the molecule is CCOC(=O)CCc1ccc2c(c1)C[C@H](NC[C@H](O)c1cccc(Cl)c1)CC2.